The molecule has 8 heteroatoms. The maximum absolute atomic E-state index is 12.5. The highest BCUT2D eigenvalue weighted by Gasteiger charge is 2.11. The Morgan fingerprint density at radius 3 is 2.54 bits per heavy atom. The molecule has 0 bridgehead atoms. The van der Waals surface area contributed by atoms with Gasteiger partial charge in [-0.15, -0.1) is 5.10 Å². The average Bonchev–Trinajstić information content (AvgIpc) is 3.09. The predicted molar refractivity (Wildman–Crippen MR) is 92.9 cm³/mol. The Morgan fingerprint density at radius 1 is 1.17 bits per heavy atom. The molecule has 0 saturated heterocycles. The van der Waals surface area contributed by atoms with Gasteiger partial charge in [0.2, 0.25) is 0 Å². The van der Waals surface area contributed by atoms with E-state index in [1.165, 1.54) is 11.0 Å². The van der Waals surface area contributed by atoms with Crippen molar-refractivity contribution in [2.45, 2.75) is 0 Å². The molecule has 1 heterocycles. The number of amides is 1. The van der Waals surface area contributed by atoms with Gasteiger partial charge in [-0.1, -0.05) is 11.6 Å². The van der Waals surface area contributed by atoms with Crippen LogP contribution in [0.4, 0.5) is 11.4 Å². The van der Waals surface area contributed by atoms with Crippen molar-refractivity contribution in [3.05, 3.63) is 59.4 Å². The third-order valence-corrected chi connectivity index (χ3v) is 3.67. The van der Waals surface area contributed by atoms with E-state index in [1.54, 1.807) is 36.4 Å². The van der Waals surface area contributed by atoms with Crippen LogP contribution >= 0.6 is 11.6 Å². The van der Waals surface area contributed by atoms with Crippen LogP contribution in [0, 0.1) is 0 Å². The van der Waals surface area contributed by atoms with Crippen molar-refractivity contribution in [2.24, 2.45) is 0 Å². The van der Waals surface area contributed by atoms with Crippen molar-refractivity contribution < 1.29 is 4.79 Å². The molecule has 0 atom stereocenters. The molecule has 0 aliphatic carbocycles. The normalized spacial score (nSPS) is 10.5. The smallest absolute Gasteiger partial charge is 0.255 e. The monoisotopic (exact) mass is 342 g/mol. The number of rotatable bonds is 4. The molecule has 0 aliphatic rings. The summed E-state index contributed by atoms with van der Waals surface area (Å²) in [5.41, 5.74) is 2.82. The predicted octanol–water partition coefficient (Wildman–Crippen LogP) is 2.63. The van der Waals surface area contributed by atoms with E-state index in [-0.39, 0.29) is 5.91 Å². The van der Waals surface area contributed by atoms with Crippen LogP contribution in [0.2, 0.25) is 5.02 Å². The molecule has 1 aromatic heterocycles. The molecular weight excluding hydrogens is 328 g/mol. The molecule has 0 saturated carbocycles. The van der Waals surface area contributed by atoms with Gasteiger partial charge in [0, 0.05) is 24.7 Å². The molecule has 7 nitrogen and oxygen atoms in total. The Labute approximate surface area is 143 Å². The Kier molecular flexibility index (Phi) is 4.43. The van der Waals surface area contributed by atoms with Crippen LogP contribution in [0.5, 0.6) is 0 Å². The standard InChI is InChI=1S/C16H15ClN6O/c1-22(2)15-8-5-12(17)9-14(15)19-16(24)11-3-6-13(7-4-11)23-10-18-20-21-23/h3-10H,1-2H3,(H,19,24). The summed E-state index contributed by atoms with van der Waals surface area (Å²) in [5.74, 6) is -0.219. The molecule has 3 rings (SSSR count). The van der Waals surface area contributed by atoms with Crippen LogP contribution in [-0.2, 0) is 0 Å². The van der Waals surface area contributed by atoms with E-state index in [0.29, 0.717) is 16.3 Å². The Hall–Kier alpha value is -2.93. The zero-order valence-corrected chi connectivity index (χ0v) is 13.9. The average molecular weight is 343 g/mol. The summed E-state index contributed by atoms with van der Waals surface area (Å²) >= 11 is 6.04. The molecule has 1 N–H and O–H groups in total. The van der Waals surface area contributed by atoms with Crippen molar-refractivity contribution in [2.75, 3.05) is 24.3 Å². The third kappa shape index (κ3) is 3.36. The molecule has 1 amide bonds. The van der Waals surface area contributed by atoms with E-state index < -0.39 is 0 Å². The van der Waals surface area contributed by atoms with Crippen LogP contribution in [0.25, 0.3) is 5.69 Å². The molecule has 24 heavy (non-hydrogen) atoms. The van der Waals surface area contributed by atoms with Gasteiger partial charge in [0.25, 0.3) is 5.91 Å². The molecule has 0 unspecified atom stereocenters. The molecular formula is C16H15ClN6O. The number of anilines is 2. The largest absolute Gasteiger partial charge is 0.376 e. The summed E-state index contributed by atoms with van der Waals surface area (Å²) in [6.07, 6.45) is 1.49. The zero-order valence-electron chi connectivity index (χ0n) is 13.1. The first-order valence-corrected chi connectivity index (χ1v) is 7.54. The minimum Gasteiger partial charge on any atom is -0.376 e. The lowest BCUT2D eigenvalue weighted by Gasteiger charge is -2.18. The SMILES string of the molecule is CN(C)c1ccc(Cl)cc1NC(=O)c1ccc(-n2cnnn2)cc1. The van der Waals surface area contributed by atoms with Gasteiger partial charge in [-0.3, -0.25) is 4.79 Å². The van der Waals surface area contributed by atoms with Gasteiger partial charge in [-0.05, 0) is 52.9 Å². The summed E-state index contributed by atoms with van der Waals surface area (Å²) in [7, 11) is 3.81. The lowest BCUT2D eigenvalue weighted by atomic mass is 10.1. The zero-order chi connectivity index (χ0) is 17.1. The highest BCUT2D eigenvalue weighted by Crippen LogP contribution is 2.28. The van der Waals surface area contributed by atoms with Crippen LogP contribution in [0.15, 0.2) is 48.8 Å². The Morgan fingerprint density at radius 2 is 1.92 bits per heavy atom. The first-order chi connectivity index (χ1) is 11.5. The highest BCUT2D eigenvalue weighted by molar-refractivity contribution is 6.31. The quantitative estimate of drug-likeness (QED) is 0.788. The molecule has 0 spiro atoms. The van der Waals surface area contributed by atoms with Crippen LogP contribution < -0.4 is 10.2 Å². The van der Waals surface area contributed by atoms with E-state index in [4.69, 9.17) is 11.6 Å². The van der Waals surface area contributed by atoms with Crippen molar-refractivity contribution in [3.63, 3.8) is 0 Å². The maximum atomic E-state index is 12.5. The second-order valence-corrected chi connectivity index (χ2v) is 5.75. The van der Waals surface area contributed by atoms with Gasteiger partial charge in [-0.2, -0.15) is 0 Å². The fourth-order valence-electron chi connectivity index (χ4n) is 2.24. The van der Waals surface area contributed by atoms with Crippen molar-refractivity contribution in [1.82, 2.24) is 20.2 Å². The number of carbonyl (C=O) groups excluding carboxylic acids is 1. The number of halogens is 1. The van der Waals surface area contributed by atoms with E-state index in [2.05, 4.69) is 20.8 Å². The maximum Gasteiger partial charge on any atom is 0.255 e. The number of tetrazole rings is 1. The van der Waals surface area contributed by atoms with Crippen LogP contribution in [-0.4, -0.2) is 40.2 Å². The van der Waals surface area contributed by atoms with Gasteiger partial charge in [-0.25, -0.2) is 4.68 Å². The molecule has 0 aliphatic heterocycles. The summed E-state index contributed by atoms with van der Waals surface area (Å²) in [5, 5.41) is 14.4. The van der Waals surface area contributed by atoms with Crippen molar-refractivity contribution in [3.8, 4) is 5.69 Å². The number of aromatic nitrogens is 4. The van der Waals surface area contributed by atoms with E-state index in [1.807, 2.05) is 25.1 Å². The number of carbonyl (C=O) groups is 1. The topological polar surface area (TPSA) is 75.9 Å². The lowest BCUT2D eigenvalue weighted by molar-refractivity contribution is 0.102. The second kappa shape index (κ2) is 6.67. The minimum atomic E-state index is -0.219. The first kappa shape index (κ1) is 15.9. The van der Waals surface area contributed by atoms with E-state index in [0.717, 1.165) is 11.4 Å². The molecule has 2 aromatic carbocycles. The number of hydrogen-bond acceptors (Lipinski definition) is 5. The Balaban J connectivity index is 1.82. The number of benzene rings is 2. The number of nitrogens with one attached hydrogen (secondary N) is 1. The third-order valence-electron chi connectivity index (χ3n) is 3.43. The fourth-order valence-corrected chi connectivity index (χ4v) is 2.41. The molecule has 0 fully saturated rings. The lowest BCUT2D eigenvalue weighted by Crippen LogP contribution is -2.16. The van der Waals surface area contributed by atoms with E-state index >= 15 is 0 Å². The summed E-state index contributed by atoms with van der Waals surface area (Å²) in [6, 6.07) is 12.3. The van der Waals surface area contributed by atoms with Gasteiger partial charge in [0.05, 0.1) is 17.1 Å². The first-order valence-electron chi connectivity index (χ1n) is 7.16. The van der Waals surface area contributed by atoms with Gasteiger partial charge < -0.3 is 10.2 Å². The van der Waals surface area contributed by atoms with E-state index in [9.17, 15) is 4.79 Å². The van der Waals surface area contributed by atoms with Gasteiger partial charge in [0.15, 0.2) is 0 Å². The van der Waals surface area contributed by atoms with Crippen molar-refractivity contribution >= 4 is 28.9 Å². The van der Waals surface area contributed by atoms with Crippen LogP contribution in [0.1, 0.15) is 10.4 Å². The molecule has 0 radical (unpaired) electrons. The number of hydrogen-bond donors (Lipinski definition) is 1. The second-order valence-electron chi connectivity index (χ2n) is 5.31. The number of nitrogens with zero attached hydrogens (tertiary/aromatic N) is 5. The van der Waals surface area contributed by atoms with Crippen LogP contribution in [0.3, 0.4) is 0 Å². The van der Waals surface area contributed by atoms with Gasteiger partial charge >= 0.3 is 0 Å². The molecule has 122 valence electrons. The summed E-state index contributed by atoms with van der Waals surface area (Å²) in [6.45, 7) is 0. The minimum absolute atomic E-state index is 0.219. The van der Waals surface area contributed by atoms with Crippen molar-refractivity contribution in [1.29, 1.82) is 0 Å². The summed E-state index contributed by atoms with van der Waals surface area (Å²) in [4.78, 5) is 14.4. The fraction of sp³-hybridized carbons (Fsp3) is 0.125. The Bertz CT molecular complexity index is 846. The summed E-state index contributed by atoms with van der Waals surface area (Å²) < 4.78 is 1.52. The van der Waals surface area contributed by atoms with Gasteiger partial charge in [0.1, 0.15) is 6.33 Å². The molecule has 3 aromatic rings. The highest BCUT2D eigenvalue weighted by atomic mass is 35.5.